The summed E-state index contributed by atoms with van der Waals surface area (Å²) in [5.41, 5.74) is 0.558. The zero-order valence-electron chi connectivity index (χ0n) is 9.76. The van der Waals surface area contributed by atoms with E-state index in [9.17, 15) is 9.59 Å². The summed E-state index contributed by atoms with van der Waals surface area (Å²) in [4.78, 5) is 22.7. The van der Waals surface area contributed by atoms with E-state index >= 15 is 0 Å². The summed E-state index contributed by atoms with van der Waals surface area (Å²) in [6.07, 6.45) is 0. The lowest BCUT2D eigenvalue weighted by molar-refractivity contribution is 0.102. The largest absolute Gasteiger partial charge is 0.497 e. The highest BCUT2D eigenvalue weighted by Crippen LogP contribution is 2.14. The Morgan fingerprint density at radius 3 is 2.41 bits per heavy atom. The molecule has 4 nitrogen and oxygen atoms in total. The Bertz CT molecular complexity index is 386. The highest BCUT2D eigenvalue weighted by molar-refractivity contribution is 8.13. The first-order valence-electron chi connectivity index (χ1n) is 5.14. The Morgan fingerprint density at radius 1 is 1.24 bits per heavy atom. The van der Waals surface area contributed by atoms with Gasteiger partial charge in [0.25, 0.3) is 0 Å². The Kier molecular flexibility index (Phi) is 5.56. The molecule has 0 bridgehead atoms. The maximum Gasteiger partial charge on any atom is 0.367 e. The molecular weight excluding hydrogens is 240 g/mol. The molecule has 5 heteroatoms. The molecule has 0 aromatic heterocycles. The van der Waals surface area contributed by atoms with E-state index in [0.717, 1.165) is 11.8 Å². The Balaban J connectivity index is 2.49. The monoisotopic (exact) mass is 254 g/mol. The maximum atomic E-state index is 11.7. The van der Waals surface area contributed by atoms with Crippen molar-refractivity contribution in [2.45, 2.75) is 6.92 Å². The summed E-state index contributed by atoms with van der Waals surface area (Å²) in [6.45, 7) is 2.05. The van der Waals surface area contributed by atoms with Crippen molar-refractivity contribution in [1.82, 2.24) is 0 Å². The normalized spacial score (nSPS) is 9.76. The quantitative estimate of drug-likeness (QED) is 0.597. The standard InChI is InChI=1S/C12H14O4S/c1-3-16-12(14)17-8-11(13)9-4-6-10(15-2)7-5-9/h4-7H,3,8H2,1-2H3. The summed E-state index contributed by atoms with van der Waals surface area (Å²) in [5, 5.41) is -0.422. The van der Waals surface area contributed by atoms with Gasteiger partial charge in [-0.05, 0) is 43.0 Å². The van der Waals surface area contributed by atoms with Crippen molar-refractivity contribution in [3.05, 3.63) is 29.8 Å². The highest BCUT2D eigenvalue weighted by Gasteiger charge is 2.10. The lowest BCUT2D eigenvalue weighted by Crippen LogP contribution is -2.06. The van der Waals surface area contributed by atoms with E-state index < -0.39 is 5.30 Å². The second-order valence-corrected chi connectivity index (χ2v) is 4.03. The van der Waals surface area contributed by atoms with Gasteiger partial charge in [-0.25, -0.2) is 4.79 Å². The van der Waals surface area contributed by atoms with Crippen LogP contribution >= 0.6 is 11.8 Å². The number of ketones is 1. The van der Waals surface area contributed by atoms with Gasteiger partial charge in [0.15, 0.2) is 5.78 Å². The third-order valence-corrected chi connectivity index (χ3v) is 2.76. The van der Waals surface area contributed by atoms with Gasteiger partial charge in [0.1, 0.15) is 5.75 Å². The molecule has 0 unspecified atom stereocenters. The SMILES string of the molecule is CCOC(=O)SCC(=O)c1ccc(OC)cc1. The minimum absolute atomic E-state index is 0.0885. The van der Waals surface area contributed by atoms with E-state index in [1.165, 1.54) is 0 Å². The average molecular weight is 254 g/mol. The van der Waals surface area contributed by atoms with Crippen molar-refractivity contribution in [3.8, 4) is 5.75 Å². The molecule has 1 aromatic carbocycles. The molecule has 1 aromatic rings. The van der Waals surface area contributed by atoms with Crippen LogP contribution in [0.5, 0.6) is 5.75 Å². The third kappa shape index (κ3) is 4.48. The molecule has 0 amide bonds. The van der Waals surface area contributed by atoms with Crippen LogP contribution in [0.4, 0.5) is 4.79 Å². The Hall–Kier alpha value is -1.49. The molecule has 0 atom stereocenters. The fourth-order valence-electron chi connectivity index (χ4n) is 1.14. The number of carbonyl (C=O) groups excluding carboxylic acids is 2. The molecule has 0 saturated heterocycles. The number of hydrogen-bond donors (Lipinski definition) is 0. The van der Waals surface area contributed by atoms with Crippen LogP contribution in [0.1, 0.15) is 17.3 Å². The number of rotatable bonds is 5. The van der Waals surface area contributed by atoms with Crippen molar-refractivity contribution >= 4 is 22.8 Å². The molecule has 0 saturated carbocycles. The van der Waals surface area contributed by atoms with Gasteiger partial charge in [0.05, 0.1) is 19.5 Å². The van der Waals surface area contributed by atoms with Gasteiger partial charge in [-0.3, -0.25) is 4.79 Å². The van der Waals surface area contributed by atoms with Gasteiger partial charge in [-0.1, -0.05) is 0 Å². The van der Waals surface area contributed by atoms with Crippen molar-refractivity contribution in [2.24, 2.45) is 0 Å². The van der Waals surface area contributed by atoms with Crippen molar-refractivity contribution in [1.29, 1.82) is 0 Å². The molecular formula is C12H14O4S. The average Bonchev–Trinajstić information content (AvgIpc) is 2.36. The van der Waals surface area contributed by atoms with Crippen LogP contribution in [-0.2, 0) is 4.74 Å². The minimum atomic E-state index is -0.422. The second-order valence-electron chi connectivity index (χ2n) is 3.12. The number of methoxy groups -OCH3 is 1. The van der Waals surface area contributed by atoms with E-state index in [1.807, 2.05) is 0 Å². The molecule has 0 aliphatic carbocycles. The van der Waals surface area contributed by atoms with E-state index in [4.69, 9.17) is 9.47 Å². The van der Waals surface area contributed by atoms with Crippen LogP contribution in [0.2, 0.25) is 0 Å². The van der Waals surface area contributed by atoms with E-state index in [-0.39, 0.29) is 11.5 Å². The highest BCUT2D eigenvalue weighted by atomic mass is 32.2. The summed E-state index contributed by atoms with van der Waals surface area (Å²) >= 11 is 0.872. The van der Waals surface area contributed by atoms with Gasteiger partial charge in [0.2, 0.25) is 0 Å². The Morgan fingerprint density at radius 2 is 1.88 bits per heavy atom. The first-order valence-corrected chi connectivity index (χ1v) is 6.12. The maximum absolute atomic E-state index is 11.7. The second kappa shape index (κ2) is 6.96. The lowest BCUT2D eigenvalue weighted by Gasteiger charge is -2.03. The van der Waals surface area contributed by atoms with Gasteiger partial charge < -0.3 is 9.47 Å². The molecule has 0 spiro atoms. The minimum Gasteiger partial charge on any atom is -0.497 e. The van der Waals surface area contributed by atoms with E-state index in [0.29, 0.717) is 17.9 Å². The first kappa shape index (κ1) is 13.6. The molecule has 92 valence electrons. The summed E-state index contributed by atoms with van der Waals surface area (Å²) in [7, 11) is 1.56. The molecule has 0 aliphatic heterocycles. The fraction of sp³-hybridized carbons (Fsp3) is 0.333. The van der Waals surface area contributed by atoms with Crippen LogP contribution in [0.15, 0.2) is 24.3 Å². The van der Waals surface area contributed by atoms with Crippen LogP contribution < -0.4 is 4.74 Å². The molecule has 0 heterocycles. The zero-order chi connectivity index (χ0) is 12.7. The molecule has 17 heavy (non-hydrogen) atoms. The van der Waals surface area contributed by atoms with Crippen LogP contribution in [0, 0.1) is 0 Å². The smallest absolute Gasteiger partial charge is 0.367 e. The molecule has 1 rings (SSSR count). The van der Waals surface area contributed by atoms with Gasteiger partial charge in [0, 0.05) is 5.56 Å². The first-order chi connectivity index (χ1) is 8.17. The number of Topliss-reactive ketones (excluding diaryl/α,β-unsaturated/α-hetero) is 1. The van der Waals surface area contributed by atoms with E-state index in [1.54, 1.807) is 38.3 Å². The van der Waals surface area contributed by atoms with Crippen LogP contribution in [0.25, 0.3) is 0 Å². The van der Waals surface area contributed by atoms with Crippen molar-refractivity contribution < 1.29 is 19.1 Å². The molecule has 0 N–H and O–H groups in total. The molecule has 0 fully saturated rings. The number of thioether (sulfide) groups is 1. The number of carbonyl (C=O) groups is 2. The van der Waals surface area contributed by atoms with Crippen LogP contribution in [0.3, 0.4) is 0 Å². The lowest BCUT2D eigenvalue weighted by atomic mass is 10.1. The predicted molar refractivity (Wildman–Crippen MR) is 66.8 cm³/mol. The fourth-order valence-corrected chi connectivity index (χ4v) is 1.76. The van der Waals surface area contributed by atoms with Crippen molar-refractivity contribution in [2.75, 3.05) is 19.5 Å². The van der Waals surface area contributed by atoms with Gasteiger partial charge in [-0.15, -0.1) is 0 Å². The van der Waals surface area contributed by atoms with E-state index in [2.05, 4.69) is 0 Å². The van der Waals surface area contributed by atoms with Crippen LogP contribution in [-0.4, -0.2) is 30.6 Å². The summed E-state index contributed by atoms with van der Waals surface area (Å²) in [5.74, 6) is 0.677. The number of hydrogen-bond acceptors (Lipinski definition) is 5. The molecule has 0 aliphatic rings. The van der Waals surface area contributed by atoms with Gasteiger partial charge >= 0.3 is 5.30 Å². The third-order valence-electron chi connectivity index (χ3n) is 2.00. The number of ether oxygens (including phenoxy) is 2. The predicted octanol–water partition coefficient (Wildman–Crippen LogP) is 2.77. The summed E-state index contributed by atoms with van der Waals surface area (Å²) < 4.78 is 9.70. The zero-order valence-corrected chi connectivity index (χ0v) is 10.6. The number of benzene rings is 1. The van der Waals surface area contributed by atoms with Crippen molar-refractivity contribution in [3.63, 3.8) is 0 Å². The topological polar surface area (TPSA) is 52.6 Å². The molecule has 0 radical (unpaired) electrons. The Labute approximate surface area is 104 Å². The van der Waals surface area contributed by atoms with Gasteiger partial charge in [-0.2, -0.15) is 0 Å². The summed E-state index contributed by atoms with van der Waals surface area (Å²) in [6, 6.07) is 6.77.